The van der Waals surface area contributed by atoms with Crippen LogP contribution in [0.3, 0.4) is 0 Å². The Bertz CT molecular complexity index is 682. The van der Waals surface area contributed by atoms with Crippen LogP contribution < -0.4 is 5.73 Å². The first kappa shape index (κ1) is 19.7. The van der Waals surface area contributed by atoms with Gasteiger partial charge >= 0.3 is 0 Å². The van der Waals surface area contributed by atoms with Crippen molar-refractivity contribution in [3.63, 3.8) is 0 Å². The molecule has 3 N–H and O–H groups in total. The first-order chi connectivity index (χ1) is 11.7. The first-order valence-corrected chi connectivity index (χ1v) is 8.86. The molecule has 0 amide bonds. The van der Waals surface area contributed by atoms with E-state index in [9.17, 15) is 9.50 Å². The van der Waals surface area contributed by atoms with Crippen LogP contribution in [0.25, 0.3) is 5.57 Å². The number of aliphatic hydroxyl groups is 1. The molecule has 1 aromatic heterocycles. The molecular weight excluding hydrogens is 322 g/mol. The molecule has 3 nitrogen and oxygen atoms in total. The topological polar surface area (TPSA) is 59.1 Å². The molecule has 0 saturated heterocycles. The molecule has 0 radical (unpaired) electrons. The monoisotopic (exact) mass is 350 g/mol. The molecule has 0 aromatic carbocycles. The van der Waals surface area contributed by atoms with Gasteiger partial charge in [-0.3, -0.25) is 0 Å². The second-order valence-corrected chi connectivity index (χ2v) is 7.29. The summed E-state index contributed by atoms with van der Waals surface area (Å²) >= 11 is 0. The predicted molar refractivity (Wildman–Crippen MR) is 97.1 cm³/mol. The Labute approximate surface area is 148 Å². The highest BCUT2D eigenvalue weighted by Gasteiger charge is 2.34. The van der Waals surface area contributed by atoms with Crippen LogP contribution in [0.4, 0.5) is 8.78 Å². The van der Waals surface area contributed by atoms with E-state index in [1.165, 1.54) is 26.8 Å². The number of aromatic nitrogens is 1. The fourth-order valence-corrected chi connectivity index (χ4v) is 3.09. The smallest absolute Gasteiger partial charge is 0.155 e. The summed E-state index contributed by atoms with van der Waals surface area (Å²) in [5.74, 6) is -0.560. The highest BCUT2D eigenvalue weighted by molar-refractivity contribution is 5.73. The quantitative estimate of drug-likeness (QED) is 0.708. The zero-order chi connectivity index (χ0) is 18.8. The highest BCUT2D eigenvalue weighted by atomic mass is 19.1. The van der Waals surface area contributed by atoms with Crippen molar-refractivity contribution >= 4 is 5.57 Å². The summed E-state index contributed by atoms with van der Waals surface area (Å²) in [6.45, 7) is 6.70. The molecule has 1 fully saturated rings. The summed E-state index contributed by atoms with van der Waals surface area (Å²) in [5, 5.41) is 10.4. The van der Waals surface area contributed by atoms with E-state index in [1.807, 2.05) is 6.92 Å². The molecule has 1 atom stereocenters. The lowest BCUT2D eigenvalue weighted by Gasteiger charge is -2.23. The molecule has 1 aromatic rings. The zero-order valence-electron chi connectivity index (χ0n) is 15.4. The summed E-state index contributed by atoms with van der Waals surface area (Å²) in [5.41, 5.74) is 5.86. The second kappa shape index (κ2) is 7.75. The molecule has 1 aliphatic rings. The normalized spacial score (nSPS) is 17.8. The van der Waals surface area contributed by atoms with E-state index in [1.54, 1.807) is 12.1 Å². The molecule has 5 heteroatoms. The number of rotatable bonds is 7. The lowest BCUT2D eigenvalue weighted by molar-refractivity contribution is 0.0741. The van der Waals surface area contributed by atoms with E-state index in [-0.39, 0.29) is 17.2 Å². The van der Waals surface area contributed by atoms with Gasteiger partial charge in [-0.1, -0.05) is 13.0 Å². The number of nitrogens with two attached hydrogens (primary N) is 1. The lowest BCUT2D eigenvalue weighted by atomic mass is 9.90. The Kier molecular flexibility index (Phi) is 6.12. The van der Waals surface area contributed by atoms with Gasteiger partial charge in [0.2, 0.25) is 0 Å². The molecule has 2 rings (SSSR count). The summed E-state index contributed by atoms with van der Waals surface area (Å²) in [4.78, 5) is 4.51. The van der Waals surface area contributed by atoms with E-state index in [0.717, 1.165) is 12.8 Å². The number of hydrogen-bond donors (Lipinski definition) is 2. The van der Waals surface area contributed by atoms with Gasteiger partial charge in [0.1, 0.15) is 5.69 Å². The van der Waals surface area contributed by atoms with Gasteiger partial charge in [0.05, 0.1) is 11.4 Å². The van der Waals surface area contributed by atoms with E-state index < -0.39 is 17.2 Å². The molecule has 1 heterocycles. The number of pyridine rings is 1. The number of halogens is 2. The largest absolute Gasteiger partial charge is 0.386 e. The van der Waals surface area contributed by atoms with Crippen LogP contribution in [0.1, 0.15) is 69.8 Å². The number of hydrogen-bond acceptors (Lipinski definition) is 3. The van der Waals surface area contributed by atoms with Gasteiger partial charge in [-0.05, 0) is 58.1 Å². The van der Waals surface area contributed by atoms with Gasteiger partial charge in [0.25, 0.3) is 0 Å². The Morgan fingerprint density at radius 2 is 2.12 bits per heavy atom. The molecule has 25 heavy (non-hydrogen) atoms. The van der Waals surface area contributed by atoms with Crippen molar-refractivity contribution in [2.45, 2.75) is 58.5 Å². The third-order valence-electron chi connectivity index (χ3n) is 4.51. The highest BCUT2D eigenvalue weighted by Crippen LogP contribution is 2.43. The van der Waals surface area contributed by atoms with Crippen molar-refractivity contribution in [3.05, 3.63) is 46.8 Å². The molecule has 1 unspecified atom stereocenters. The average Bonchev–Trinajstić information content (AvgIpc) is 3.32. The van der Waals surface area contributed by atoms with Crippen molar-refractivity contribution in [2.24, 2.45) is 11.7 Å². The van der Waals surface area contributed by atoms with Crippen molar-refractivity contribution in [1.82, 2.24) is 4.98 Å². The van der Waals surface area contributed by atoms with Crippen LogP contribution >= 0.6 is 0 Å². The number of allylic oxidation sites excluding steroid dienone is 4. The van der Waals surface area contributed by atoms with Crippen LogP contribution in [0.5, 0.6) is 0 Å². The van der Waals surface area contributed by atoms with Crippen molar-refractivity contribution < 1.29 is 13.9 Å². The van der Waals surface area contributed by atoms with Gasteiger partial charge in [-0.25, -0.2) is 13.8 Å². The van der Waals surface area contributed by atoms with E-state index in [2.05, 4.69) is 4.98 Å². The molecule has 1 aliphatic carbocycles. The Morgan fingerprint density at radius 1 is 1.48 bits per heavy atom. The Hall–Kier alpha value is -1.59. The van der Waals surface area contributed by atoms with E-state index in [4.69, 9.17) is 5.73 Å². The maximum atomic E-state index is 15.1. The third-order valence-corrected chi connectivity index (χ3v) is 4.51. The molecular formula is C20H28F2N2O. The Balaban J connectivity index is 2.68. The molecule has 0 aliphatic heterocycles. The minimum absolute atomic E-state index is 0.0266. The van der Waals surface area contributed by atoms with Crippen molar-refractivity contribution in [2.75, 3.05) is 6.54 Å². The second-order valence-electron chi connectivity index (χ2n) is 7.29. The minimum atomic E-state index is -1.37. The minimum Gasteiger partial charge on any atom is -0.386 e. The maximum Gasteiger partial charge on any atom is 0.155 e. The van der Waals surface area contributed by atoms with E-state index >= 15 is 4.39 Å². The number of nitrogens with zero attached hydrogens (tertiary/aromatic N) is 1. The SMILES string of the molecule is CC/C=C(\C=C(/C)F)c1nc(C(CN)C2CC2)cc(C(C)(C)O)c1F. The average molecular weight is 350 g/mol. The van der Waals surface area contributed by atoms with Gasteiger partial charge in [0.15, 0.2) is 5.82 Å². The van der Waals surface area contributed by atoms with Gasteiger partial charge in [0, 0.05) is 29.3 Å². The van der Waals surface area contributed by atoms with E-state index in [0.29, 0.717) is 30.2 Å². The molecule has 0 bridgehead atoms. The van der Waals surface area contributed by atoms with Crippen LogP contribution in [0.2, 0.25) is 0 Å². The fourth-order valence-electron chi connectivity index (χ4n) is 3.09. The predicted octanol–water partition coefficient (Wildman–Crippen LogP) is 4.57. The Morgan fingerprint density at radius 3 is 2.56 bits per heavy atom. The maximum absolute atomic E-state index is 15.1. The van der Waals surface area contributed by atoms with Crippen LogP contribution in [-0.2, 0) is 5.60 Å². The fraction of sp³-hybridized carbons (Fsp3) is 0.550. The standard InChI is InChI=1S/C20H28F2N2O/c1-5-6-14(9-12(2)21)19-18(22)16(20(3,4)25)10-17(24-19)15(11-23)13-7-8-13/h6,9-10,13,15,25H,5,7-8,11,23H2,1-4H3/b12-9+,14-6+. The third kappa shape index (κ3) is 4.73. The molecule has 138 valence electrons. The zero-order valence-corrected chi connectivity index (χ0v) is 15.4. The lowest BCUT2D eigenvalue weighted by Crippen LogP contribution is -2.23. The van der Waals surface area contributed by atoms with Gasteiger partial charge in [-0.15, -0.1) is 0 Å². The van der Waals surface area contributed by atoms with Crippen LogP contribution in [-0.4, -0.2) is 16.6 Å². The molecule has 1 saturated carbocycles. The molecule has 0 spiro atoms. The van der Waals surface area contributed by atoms with Crippen LogP contribution in [0.15, 0.2) is 24.0 Å². The van der Waals surface area contributed by atoms with Crippen LogP contribution in [0, 0.1) is 11.7 Å². The van der Waals surface area contributed by atoms with Gasteiger partial charge in [-0.2, -0.15) is 0 Å². The van der Waals surface area contributed by atoms with Crippen molar-refractivity contribution in [3.8, 4) is 0 Å². The van der Waals surface area contributed by atoms with Gasteiger partial charge < -0.3 is 10.8 Å². The van der Waals surface area contributed by atoms with Crippen molar-refractivity contribution in [1.29, 1.82) is 0 Å². The summed E-state index contributed by atoms with van der Waals surface area (Å²) in [7, 11) is 0. The summed E-state index contributed by atoms with van der Waals surface area (Å²) in [6, 6.07) is 1.62. The first-order valence-electron chi connectivity index (χ1n) is 8.86. The summed E-state index contributed by atoms with van der Waals surface area (Å²) < 4.78 is 28.6. The summed E-state index contributed by atoms with van der Waals surface area (Å²) in [6.07, 6.45) is 5.79.